The van der Waals surface area contributed by atoms with Crippen LogP contribution in [0.5, 0.6) is 0 Å². The largest absolute Gasteiger partial charge is 0.353 e. The normalized spacial score (nSPS) is 29.9. The van der Waals surface area contributed by atoms with E-state index < -0.39 is 8.25 Å². The van der Waals surface area contributed by atoms with E-state index in [4.69, 9.17) is 15.0 Å². The smallest absolute Gasteiger partial charge is 0.316 e. The fourth-order valence-corrected chi connectivity index (χ4v) is 1.54. The summed E-state index contributed by atoms with van der Waals surface area (Å²) in [6.45, 7) is 0.143. The maximum Gasteiger partial charge on any atom is 0.316 e. The Kier molecular flexibility index (Phi) is 4.38. The molecule has 1 unspecified atom stereocenters. The zero-order chi connectivity index (χ0) is 9.68. The summed E-state index contributed by atoms with van der Waals surface area (Å²) in [6, 6.07) is 0. The van der Waals surface area contributed by atoms with Gasteiger partial charge in [-0.25, -0.2) is 0 Å². The lowest BCUT2D eigenvalue weighted by molar-refractivity contribution is 0.0116. The summed E-state index contributed by atoms with van der Waals surface area (Å²) >= 11 is 0. The molecule has 0 aromatic heterocycles. The lowest BCUT2D eigenvalue weighted by atomic mass is 10.2. The first-order chi connectivity index (χ1) is 6.22. The highest BCUT2D eigenvalue weighted by Gasteiger charge is 2.24. The minimum atomic E-state index is -2.85. The van der Waals surface area contributed by atoms with Gasteiger partial charge in [0.15, 0.2) is 0 Å². The van der Waals surface area contributed by atoms with Gasteiger partial charge in [-0.3, -0.25) is 9.97 Å². The van der Waals surface area contributed by atoms with E-state index >= 15 is 0 Å². The van der Waals surface area contributed by atoms with Crippen LogP contribution in [0.2, 0.25) is 0 Å². The topological polar surface area (TPSA) is 91.6 Å². The molecule has 1 saturated heterocycles. The minimum absolute atomic E-state index is 0.140. The van der Waals surface area contributed by atoms with E-state index in [0.717, 1.165) is 19.2 Å². The van der Waals surface area contributed by atoms with E-state index in [0.29, 0.717) is 0 Å². The molecule has 0 saturated carbocycles. The van der Waals surface area contributed by atoms with Gasteiger partial charge < -0.3 is 19.5 Å². The number of rotatable bonds is 5. The van der Waals surface area contributed by atoms with E-state index in [1.54, 1.807) is 0 Å². The zero-order valence-corrected chi connectivity index (χ0v) is 8.03. The third kappa shape index (κ3) is 3.87. The molecule has 7 heteroatoms. The molecule has 0 aliphatic carbocycles. The van der Waals surface area contributed by atoms with E-state index in [9.17, 15) is 4.57 Å². The van der Waals surface area contributed by atoms with E-state index in [1.165, 1.54) is 0 Å². The van der Waals surface area contributed by atoms with Crippen molar-refractivity contribution in [1.29, 1.82) is 5.41 Å². The lowest BCUT2D eigenvalue weighted by Crippen LogP contribution is -2.28. The van der Waals surface area contributed by atoms with Gasteiger partial charge >= 0.3 is 8.25 Å². The van der Waals surface area contributed by atoms with Crippen LogP contribution in [-0.4, -0.2) is 30.2 Å². The number of nitrogens with one attached hydrogen (secondary N) is 2. The Morgan fingerprint density at radius 2 is 2.54 bits per heavy atom. The predicted octanol–water partition coefficient (Wildman–Crippen LogP) is 0.0868. The molecule has 0 radical (unpaired) electrons. The van der Waals surface area contributed by atoms with Gasteiger partial charge in [0.2, 0.25) is 0 Å². The Hall–Kier alpha value is -0.420. The minimum Gasteiger partial charge on any atom is -0.353 e. The number of ether oxygens (including phenoxy) is 1. The van der Waals surface area contributed by atoms with Crippen molar-refractivity contribution in [2.45, 2.75) is 25.2 Å². The van der Waals surface area contributed by atoms with Gasteiger partial charge in [-0.15, -0.1) is 0 Å². The Balaban J connectivity index is 2.17. The molecule has 3 N–H and O–H groups in total. The van der Waals surface area contributed by atoms with Crippen LogP contribution in [0, 0.1) is 5.41 Å². The molecule has 76 valence electrons. The maximum atomic E-state index is 10.2. The van der Waals surface area contributed by atoms with Crippen LogP contribution in [-0.2, 0) is 13.8 Å². The van der Waals surface area contributed by atoms with Crippen LogP contribution in [0.3, 0.4) is 0 Å². The average Bonchev–Trinajstić information content (AvgIpc) is 2.50. The highest BCUT2D eigenvalue weighted by molar-refractivity contribution is 7.32. The van der Waals surface area contributed by atoms with Gasteiger partial charge in [-0.05, 0) is 12.8 Å². The van der Waals surface area contributed by atoms with Crippen LogP contribution in [0.15, 0.2) is 0 Å². The average molecular weight is 208 g/mol. The van der Waals surface area contributed by atoms with Gasteiger partial charge in [0.05, 0.1) is 19.0 Å². The van der Waals surface area contributed by atoms with E-state index in [2.05, 4.69) is 9.84 Å². The molecule has 1 heterocycles. The van der Waals surface area contributed by atoms with Crippen molar-refractivity contribution in [3.8, 4) is 0 Å². The monoisotopic (exact) mass is 208 g/mol. The maximum absolute atomic E-state index is 10.2. The molecule has 13 heavy (non-hydrogen) atoms. The SMILES string of the molecule is N=CN[C@H]1CC[C@@H](CO[PH](=O)O)O1. The molecule has 0 aromatic rings. The Bertz CT molecular complexity index is 201. The first-order valence-corrected chi connectivity index (χ1v) is 5.25. The summed E-state index contributed by atoms with van der Waals surface area (Å²) in [5.74, 6) is 0. The first kappa shape index (κ1) is 10.7. The van der Waals surface area contributed by atoms with Gasteiger partial charge in [-0.1, -0.05) is 0 Å². The highest BCUT2D eigenvalue weighted by Crippen LogP contribution is 2.22. The third-order valence-electron chi connectivity index (χ3n) is 1.77. The molecule has 0 bridgehead atoms. The van der Waals surface area contributed by atoms with Gasteiger partial charge in [0.1, 0.15) is 6.23 Å². The second-order valence-corrected chi connectivity index (χ2v) is 3.53. The Labute approximate surface area is 76.7 Å². The fraction of sp³-hybridized carbons (Fsp3) is 0.833. The van der Waals surface area contributed by atoms with Crippen LogP contribution in [0.25, 0.3) is 0 Å². The van der Waals surface area contributed by atoms with Gasteiger partial charge in [0, 0.05) is 0 Å². The second kappa shape index (κ2) is 5.34. The van der Waals surface area contributed by atoms with Crippen molar-refractivity contribution < 1.29 is 18.7 Å². The van der Waals surface area contributed by atoms with Crippen molar-refractivity contribution in [3.05, 3.63) is 0 Å². The van der Waals surface area contributed by atoms with Crippen LogP contribution in [0.4, 0.5) is 0 Å². The predicted molar refractivity (Wildman–Crippen MR) is 47.0 cm³/mol. The number of hydrogen-bond donors (Lipinski definition) is 3. The van der Waals surface area contributed by atoms with E-state index in [1.807, 2.05) is 0 Å². The fourth-order valence-electron chi connectivity index (χ4n) is 1.21. The van der Waals surface area contributed by atoms with Crippen molar-refractivity contribution >= 4 is 14.6 Å². The standard InChI is InChI=1S/C6H13N2O4P/c7-4-8-6-2-1-5(12-6)3-11-13(9)10/h4-6,13H,1-3H2,(H2,7,8)(H,9,10)/t5-,6+/m0/s1. The summed E-state index contributed by atoms with van der Waals surface area (Å²) in [5, 5.41) is 9.46. The quantitative estimate of drug-likeness (QED) is 0.338. The van der Waals surface area contributed by atoms with Crippen LogP contribution >= 0.6 is 8.25 Å². The van der Waals surface area contributed by atoms with Crippen molar-refractivity contribution in [3.63, 3.8) is 0 Å². The number of hydrogen-bond acceptors (Lipinski definition) is 4. The summed E-state index contributed by atoms with van der Waals surface area (Å²) in [7, 11) is -2.85. The molecule has 3 atom stereocenters. The van der Waals surface area contributed by atoms with Crippen molar-refractivity contribution in [1.82, 2.24) is 5.32 Å². The van der Waals surface area contributed by atoms with Crippen molar-refractivity contribution in [2.75, 3.05) is 6.61 Å². The molecular weight excluding hydrogens is 195 g/mol. The summed E-state index contributed by atoms with van der Waals surface area (Å²) in [4.78, 5) is 8.40. The first-order valence-electron chi connectivity index (χ1n) is 3.98. The lowest BCUT2D eigenvalue weighted by Gasteiger charge is -2.12. The third-order valence-corrected chi connectivity index (χ3v) is 2.18. The molecule has 0 amide bonds. The van der Waals surface area contributed by atoms with Gasteiger partial charge in [-0.2, -0.15) is 0 Å². The zero-order valence-electron chi connectivity index (χ0n) is 7.03. The molecule has 1 aliphatic rings. The molecule has 0 spiro atoms. The van der Waals surface area contributed by atoms with Crippen molar-refractivity contribution in [2.24, 2.45) is 0 Å². The second-order valence-electron chi connectivity index (χ2n) is 2.71. The molecule has 1 rings (SSSR count). The molecule has 6 nitrogen and oxygen atoms in total. The molecule has 1 aliphatic heterocycles. The summed E-state index contributed by atoms with van der Waals surface area (Å²) in [6.07, 6.45) is 2.34. The Morgan fingerprint density at radius 1 is 1.77 bits per heavy atom. The molecule has 0 aromatic carbocycles. The molecule has 1 fully saturated rings. The summed E-state index contributed by atoms with van der Waals surface area (Å²) in [5.41, 5.74) is 0. The Morgan fingerprint density at radius 3 is 3.15 bits per heavy atom. The van der Waals surface area contributed by atoms with Crippen LogP contribution in [0.1, 0.15) is 12.8 Å². The molecular formula is C6H13N2O4P. The highest BCUT2D eigenvalue weighted by atomic mass is 31.1. The van der Waals surface area contributed by atoms with Gasteiger partial charge in [0.25, 0.3) is 0 Å². The van der Waals surface area contributed by atoms with Crippen LogP contribution < -0.4 is 5.32 Å². The summed E-state index contributed by atoms with van der Waals surface area (Å²) < 4.78 is 20.1. The van der Waals surface area contributed by atoms with E-state index in [-0.39, 0.29) is 18.9 Å².